The number of nitriles is 1. The zero-order valence-electron chi connectivity index (χ0n) is 20.3. The van der Waals surface area contributed by atoms with E-state index in [1.807, 2.05) is 36.4 Å². The number of aromatic nitrogens is 1. The summed E-state index contributed by atoms with van der Waals surface area (Å²) in [5.41, 5.74) is 7.16. The molecule has 3 aromatic carbocycles. The van der Waals surface area contributed by atoms with Gasteiger partial charge in [0.1, 0.15) is 0 Å². The molecule has 4 aromatic rings. The molecule has 1 atom stereocenters. The van der Waals surface area contributed by atoms with Gasteiger partial charge in [-0.2, -0.15) is 10.4 Å². The van der Waals surface area contributed by atoms with Crippen molar-refractivity contribution < 1.29 is 0 Å². The number of hydrogen-bond donors (Lipinski definition) is 0. The third kappa shape index (κ3) is 4.98. The van der Waals surface area contributed by atoms with Crippen LogP contribution >= 0.6 is 22.9 Å². The van der Waals surface area contributed by atoms with Crippen molar-refractivity contribution in [2.45, 2.75) is 31.7 Å². The number of nitrogens with zero attached hydrogens (tertiary/aromatic N) is 5. The van der Waals surface area contributed by atoms with E-state index in [2.05, 4.69) is 57.8 Å². The summed E-state index contributed by atoms with van der Waals surface area (Å²) in [6, 6.07) is 26.6. The van der Waals surface area contributed by atoms with Gasteiger partial charge in [-0.05, 0) is 66.8 Å². The van der Waals surface area contributed by atoms with Crippen molar-refractivity contribution in [1.29, 1.82) is 5.26 Å². The molecule has 0 N–H and O–H groups in total. The molecule has 0 spiro atoms. The molecule has 0 aliphatic carbocycles. The average Bonchev–Trinajstić information content (AvgIpc) is 3.62. The number of thiazole rings is 1. The zero-order valence-corrected chi connectivity index (χ0v) is 21.9. The highest BCUT2D eigenvalue weighted by Gasteiger charge is 2.32. The van der Waals surface area contributed by atoms with Crippen LogP contribution in [0.25, 0.3) is 11.3 Å². The minimum absolute atomic E-state index is 0.0361. The van der Waals surface area contributed by atoms with Crippen molar-refractivity contribution in [3.63, 3.8) is 0 Å². The van der Waals surface area contributed by atoms with Crippen LogP contribution in [0.2, 0.25) is 5.02 Å². The highest BCUT2D eigenvalue weighted by Crippen LogP contribution is 2.40. The van der Waals surface area contributed by atoms with Gasteiger partial charge in [0.05, 0.1) is 29.1 Å². The third-order valence-electron chi connectivity index (χ3n) is 7.08. The number of rotatable bonds is 5. The largest absolute Gasteiger partial charge is 0.372 e. The third-order valence-corrected chi connectivity index (χ3v) is 8.17. The van der Waals surface area contributed by atoms with Crippen molar-refractivity contribution in [2.75, 3.05) is 23.0 Å². The lowest BCUT2D eigenvalue weighted by Crippen LogP contribution is -2.29. The van der Waals surface area contributed by atoms with E-state index in [-0.39, 0.29) is 6.04 Å². The molecule has 6 rings (SSSR count). The highest BCUT2D eigenvalue weighted by molar-refractivity contribution is 7.14. The monoisotopic (exact) mass is 523 g/mol. The Hall–Kier alpha value is -3.66. The van der Waals surface area contributed by atoms with Crippen molar-refractivity contribution in [3.05, 3.63) is 99.9 Å². The fourth-order valence-electron chi connectivity index (χ4n) is 5.04. The van der Waals surface area contributed by atoms with Crippen molar-refractivity contribution in [2.24, 2.45) is 5.10 Å². The molecular weight excluding hydrogens is 498 g/mol. The van der Waals surface area contributed by atoms with E-state index < -0.39 is 0 Å². The summed E-state index contributed by atoms with van der Waals surface area (Å²) in [5.74, 6) is 0. The van der Waals surface area contributed by atoms with Crippen molar-refractivity contribution in [3.8, 4) is 17.3 Å². The molecule has 1 saturated heterocycles. The molecule has 3 heterocycles. The lowest BCUT2D eigenvalue weighted by atomic mass is 9.98. The van der Waals surface area contributed by atoms with Crippen LogP contribution in [-0.2, 0) is 0 Å². The van der Waals surface area contributed by atoms with Gasteiger partial charge < -0.3 is 4.90 Å². The van der Waals surface area contributed by atoms with Crippen LogP contribution in [0.3, 0.4) is 0 Å². The Morgan fingerprint density at radius 3 is 2.27 bits per heavy atom. The molecule has 5 nitrogen and oxygen atoms in total. The average molecular weight is 524 g/mol. The van der Waals surface area contributed by atoms with Crippen LogP contribution in [0.15, 0.2) is 83.3 Å². The first kappa shape index (κ1) is 23.7. The summed E-state index contributed by atoms with van der Waals surface area (Å²) in [6.45, 7) is 2.27. The Morgan fingerprint density at radius 2 is 1.57 bits per heavy atom. The lowest BCUT2D eigenvalue weighted by molar-refractivity contribution is 0.578. The summed E-state index contributed by atoms with van der Waals surface area (Å²) < 4.78 is 0. The SMILES string of the molecule is N#Cc1ccc(-c2csc(N3N=C(c4ccc(N5CCCCC5)cc4)CC3c3ccc(Cl)cc3)n2)cc1. The molecule has 37 heavy (non-hydrogen) atoms. The Balaban J connectivity index is 1.31. The predicted octanol–water partition coefficient (Wildman–Crippen LogP) is 7.68. The van der Waals surface area contributed by atoms with Crippen LogP contribution in [0.4, 0.5) is 10.8 Å². The molecule has 7 heteroatoms. The summed E-state index contributed by atoms with van der Waals surface area (Å²) >= 11 is 7.77. The Morgan fingerprint density at radius 1 is 0.865 bits per heavy atom. The fraction of sp³-hybridized carbons (Fsp3) is 0.233. The minimum Gasteiger partial charge on any atom is -0.372 e. The lowest BCUT2D eigenvalue weighted by Gasteiger charge is -2.28. The van der Waals surface area contributed by atoms with E-state index in [0.29, 0.717) is 5.56 Å². The maximum atomic E-state index is 9.11. The second kappa shape index (κ2) is 10.4. The summed E-state index contributed by atoms with van der Waals surface area (Å²) in [7, 11) is 0. The van der Waals surface area contributed by atoms with Gasteiger partial charge >= 0.3 is 0 Å². The zero-order chi connectivity index (χ0) is 25.2. The quantitative estimate of drug-likeness (QED) is 0.269. The van der Waals surface area contributed by atoms with Crippen LogP contribution in [0.1, 0.15) is 48.4 Å². The Kier molecular flexibility index (Phi) is 6.65. The second-order valence-electron chi connectivity index (χ2n) is 9.46. The molecular formula is C30H26ClN5S. The first-order valence-corrected chi connectivity index (χ1v) is 13.9. The molecule has 0 radical (unpaired) electrons. The van der Waals surface area contributed by atoms with Gasteiger partial charge in [0, 0.05) is 41.2 Å². The topological polar surface area (TPSA) is 55.5 Å². The summed E-state index contributed by atoms with van der Waals surface area (Å²) in [6.07, 6.45) is 4.66. The molecule has 1 aromatic heterocycles. The van der Waals surface area contributed by atoms with Crippen molar-refractivity contribution >= 4 is 39.5 Å². The summed E-state index contributed by atoms with van der Waals surface area (Å²) in [4.78, 5) is 7.42. The van der Waals surface area contributed by atoms with E-state index in [1.165, 1.54) is 24.9 Å². The van der Waals surface area contributed by atoms with Gasteiger partial charge in [0.25, 0.3) is 0 Å². The molecule has 1 fully saturated rings. The van der Waals surface area contributed by atoms with Crippen LogP contribution in [0.5, 0.6) is 0 Å². The van der Waals surface area contributed by atoms with Gasteiger partial charge in [-0.1, -0.05) is 48.0 Å². The van der Waals surface area contributed by atoms with E-state index in [4.69, 9.17) is 26.9 Å². The molecule has 0 bridgehead atoms. The molecule has 184 valence electrons. The van der Waals surface area contributed by atoms with Gasteiger partial charge in [0.2, 0.25) is 5.13 Å². The summed E-state index contributed by atoms with van der Waals surface area (Å²) in [5, 5.41) is 19.9. The van der Waals surface area contributed by atoms with Gasteiger partial charge in [-0.3, -0.25) is 0 Å². The number of halogens is 1. The number of piperidine rings is 1. The number of anilines is 2. The smallest absolute Gasteiger partial charge is 0.207 e. The maximum absolute atomic E-state index is 9.11. The van der Waals surface area contributed by atoms with E-state index in [1.54, 1.807) is 11.3 Å². The number of hydrogen-bond acceptors (Lipinski definition) is 6. The Labute approximate surface area is 226 Å². The molecule has 0 saturated carbocycles. The standard InChI is InChI=1S/C30H26ClN5S/c31-25-12-8-24(9-13-25)29-18-27(22-10-14-26(15-11-22)35-16-2-1-3-17-35)34-36(29)30-33-28(20-37-30)23-6-4-21(19-32)5-7-23/h4-15,20,29H,1-3,16-18H2. The molecule has 2 aliphatic rings. The van der Waals surface area contributed by atoms with Crippen LogP contribution in [-0.4, -0.2) is 23.8 Å². The molecule has 1 unspecified atom stereocenters. The van der Waals surface area contributed by atoms with Crippen LogP contribution in [0, 0.1) is 11.3 Å². The molecule has 2 aliphatic heterocycles. The Bertz CT molecular complexity index is 1450. The number of benzene rings is 3. The minimum atomic E-state index is 0.0361. The second-order valence-corrected chi connectivity index (χ2v) is 10.7. The van der Waals surface area contributed by atoms with Gasteiger partial charge in [-0.25, -0.2) is 9.99 Å². The predicted molar refractivity (Wildman–Crippen MR) is 153 cm³/mol. The van der Waals surface area contributed by atoms with E-state index in [0.717, 1.165) is 57.8 Å². The van der Waals surface area contributed by atoms with Crippen LogP contribution < -0.4 is 9.91 Å². The fourth-order valence-corrected chi connectivity index (χ4v) is 6.00. The highest BCUT2D eigenvalue weighted by atomic mass is 35.5. The van der Waals surface area contributed by atoms with Crippen molar-refractivity contribution in [1.82, 2.24) is 4.98 Å². The van der Waals surface area contributed by atoms with E-state index in [9.17, 15) is 0 Å². The molecule has 0 amide bonds. The first-order valence-electron chi connectivity index (χ1n) is 12.6. The first-order chi connectivity index (χ1) is 18.2. The maximum Gasteiger partial charge on any atom is 0.207 e. The number of hydrazone groups is 1. The normalized spacial score (nSPS) is 17.5. The van der Waals surface area contributed by atoms with E-state index >= 15 is 0 Å². The van der Waals surface area contributed by atoms with Gasteiger partial charge in [0.15, 0.2) is 0 Å². The van der Waals surface area contributed by atoms with Gasteiger partial charge in [-0.15, -0.1) is 11.3 Å².